The number of carbonyl (C=O) groups is 2. The lowest BCUT2D eigenvalue weighted by molar-refractivity contribution is -0.140. The van der Waals surface area contributed by atoms with Gasteiger partial charge < -0.3 is 14.8 Å². The lowest BCUT2D eigenvalue weighted by Crippen LogP contribution is -2.22. The molecule has 0 bridgehead atoms. The third-order valence-electron chi connectivity index (χ3n) is 5.23. The number of nitrogens with one attached hydrogen (secondary N) is 1. The fourth-order valence-electron chi connectivity index (χ4n) is 3.48. The zero-order chi connectivity index (χ0) is 24.0. The number of rotatable bonds is 9. The summed E-state index contributed by atoms with van der Waals surface area (Å²) in [6.45, 7) is 8.16. The standard InChI is InChI=1S/C25H30N4O4/c1-16(2)33-23-12-6-19(14-26-23)15-27-25(31)20-7-9-21(10-8-20)29-18(4)22(17(3)28-29)11-13-24(30)32-5/h6-10,12,14,16H,11,13,15H2,1-5H3,(H,27,31). The largest absolute Gasteiger partial charge is 0.475 e. The lowest BCUT2D eigenvalue weighted by Gasteiger charge is -2.10. The highest BCUT2D eigenvalue weighted by atomic mass is 16.5. The van der Waals surface area contributed by atoms with E-state index in [1.807, 2.05) is 50.6 Å². The van der Waals surface area contributed by atoms with Gasteiger partial charge in [-0.2, -0.15) is 5.10 Å². The number of methoxy groups -OCH3 is 1. The van der Waals surface area contributed by atoms with Crippen LogP contribution in [0.5, 0.6) is 5.88 Å². The van der Waals surface area contributed by atoms with E-state index in [0.29, 0.717) is 30.8 Å². The maximum absolute atomic E-state index is 12.6. The van der Waals surface area contributed by atoms with Crippen LogP contribution in [0, 0.1) is 13.8 Å². The minimum atomic E-state index is -0.243. The van der Waals surface area contributed by atoms with Gasteiger partial charge in [-0.05, 0) is 69.5 Å². The van der Waals surface area contributed by atoms with Gasteiger partial charge in [-0.15, -0.1) is 0 Å². The first kappa shape index (κ1) is 24.0. The van der Waals surface area contributed by atoms with E-state index in [1.54, 1.807) is 24.4 Å². The van der Waals surface area contributed by atoms with Crippen LogP contribution in [0.25, 0.3) is 5.69 Å². The predicted molar refractivity (Wildman–Crippen MR) is 125 cm³/mol. The summed E-state index contributed by atoms with van der Waals surface area (Å²) in [5, 5.41) is 7.51. The molecule has 0 saturated heterocycles. The van der Waals surface area contributed by atoms with Gasteiger partial charge in [0, 0.05) is 36.5 Å². The van der Waals surface area contributed by atoms with E-state index in [9.17, 15) is 9.59 Å². The highest BCUT2D eigenvalue weighted by Crippen LogP contribution is 2.20. The summed E-state index contributed by atoms with van der Waals surface area (Å²) in [7, 11) is 1.39. The van der Waals surface area contributed by atoms with Crippen molar-refractivity contribution in [1.29, 1.82) is 0 Å². The van der Waals surface area contributed by atoms with Crippen LogP contribution in [-0.2, 0) is 22.5 Å². The van der Waals surface area contributed by atoms with Crippen LogP contribution in [0.2, 0.25) is 0 Å². The Balaban J connectivity index is 1.63. The van der Waals surface area contributed by atoms with Gasteiger partial charge in [-0.1, -0.05) is 6.07 Å². The molecule has 8 nitrogen and oxygen atoms in total. The third kappa shape index (κ3) is 6.19. The number of ether oxygens (including phenoxy) is 2. The van der Waals surface area contributed by atoms with E-state index in [0.717, 1.165) is 28.2 Å². The van der Waals surface area contributed by atoms with E-state index in [2.05, 4.69) is 15.4 Å². The van der Waals surface area contributed by atoms with Crippen molar-refractivity contribution in [2.75, 3.05) is 7.11 Å². The minimum absolute atomic E-state index is 0.0620. The number of carbonyl (C=O) groups excluding carboxylic acids is 2. The number of nitrogens with zero attached hydrogens (tertiary/aromatic N) is 3. The van der Waals surface area contributed by atoms with Gasteiger partial charge in [0.1, 0.15) is 0 Å². The molecular formula is C25H30N4O4. The maximum Gasteiger partial charge on any atom is 0.305 e. The molecule has 0 spiro atoms. The quantitative estimate of drug-likeness (QED) is 0.500. The van der Waals surface area contributed by atoms with Gasteiger partial charge >= 0.3 is 5.97 Å². The number of hydrogen-bond acceptors (Lipinski definition) is 6. The molecule has 3 aromatic rings. The fourth-order valence-corrected chi connectivity index (χ4v) is 3.48. The summed E-state index contributed by atoms with van der Waals surface area (Å²) >= 11 is 0. The van der Waals surface area contributed by atoms with Gasteiger partial charge in [0.05, 0.1) is 24.6 Å². The molecule has 8 heteroatoms. The summed E-state index contributed by atoms with van der Waals surface area (Å²) in [5.41, 5.74) is 5.15. The molecular weight excluding hydrogens is 420 g/mol. The number of hydrogen-bond donors (Lipinski definition) is 1. The molecule has 1 amide bonds. The van der Waals surface area contributed by atoms with Crippen molar-refractivity contribution in [3.63, 3.8) is 0 Å². The maximum atomic E-state index is 12.6. The van der Waals surface area contributed by atoms with Gasteiger partial charge in [0.15, 0.2) is 0 Å². The molecule has 0 radical (unpaired) electrons. The first-order chi connectivity index (χ1) is 15.8. The zero-order valence-electron chi connectivity index (χ0n) is 19.7. The highest BCUT2D eigenvalue weighted by molar-refractivity contribution is 5.94. The smallest absolute Gasteiger partial charge is 0.305 e. The molecule has 174 valence electrons. The Morgan fingerprint density at radius 3 is 2.42 bits per heavy atom. The summed E-state index contributed by atoms with van der Waals surface area (Å²) in [6.07, 6.45) is 2.64. The Morgan fingerprint density at radius 1 is 1.09 bits per heavy atom. The van der Waals surface area contributed by atoms with E-state index in [-0.39, 0.29) is 18.0 Å². The van der Waals surface area contributed by atoms with Crippen molar-refractivity contribution in [3.8, 4) is 11.6 Å². The van der Waals surface area contributed by atoms with Gasteiger partial charge in [0.2, 0.25) is 5.88 Å². The van der Waals surface area contributed by atoms with Crippen molar-refractivity contribution < 1.29 is 19.1 Å². The minimum Gasteiger partial charge on any atom is -0.475 e. The molecule has 3 rings (SSSR count). The molecule has 0 aliphatic carbocycles. The second kappa shape index (κ2) is 10.8. The molecule has 1 N–H and O–H groups in total. The Labute approximate surface area is 193 Å². The van der Waals surface area contributed by atoms with E-state index >= 15 is 0 Å². The number of aryl methyl sites for hydroxylation is 1. The number of esters is 1. The summed E-state index contributed by atoms with van der Waals surface area (Å²) in [6, 6.07) is 10.9. The Bertz CT molecular complexity index is 1100. The van der Waals surface area contributed by atoms with Crippen LogP contribution >= 0.6 is 0 Å². The van der Waals surface area contributed by atoms with E-state index in [1.165, 1.54) is 7.11 Å². The molecule has 2 heterocycles. The Hall–Kier alpha value is -3.68. The second-order valence-corrected chi connectivity index (χ2v) is 8.04. The molecule has 0 unspecified atom stereocenters. The number of pyridine rings is 1. The van der Waals surface area contributed by atoms with Crippen LogP contribution in [0.1, 0.15) is 53.1 Å². The SMILES string of the molecule is COC(=O)CCc1c(C)nn(-c2ccc(C(=O)NCc3ccc(OC(C)C)nc3)cc2)c1C. The predicted octanol–water partition coefficient (Wildman–Crippen LogP) is 3.71. The van der Waals surface area contributed by atoms with Crippen molar-refractivity contribution in [3.05, 3.63) is 70.7 Å². The molecule has 0 saturated carbocycles. The molecule has 33 heavy (non-hydrogen) atoms. The van der Waals surface area contributed by atoms with Gasteiger partial charge in [0.25, 0.3) is 5.91 Å². The normalized spacial score (nSPS) is 10.8. The highest BCUT2D eigenvalue weighted by Gasteiger charge is 2.15. The number of aromatic nitrogens is 3. The Kier molecular flexibility index (Phi) is 7.82. The van der Waals surface area contributed by atoms with E-state index < -0.39 is 0 Å². The van der Waals surface area contributed by atoms with Crippen LogP contribution in [0.15, 0.2) is 42.6 Å². The van der Waals surface area contributed by atoms with Crippen molar-refractivity contribution >= 4 is 11.9 Å². The molecule has 1 aromatic carbocycles. The monoisotopic (exact) mass is 450 g/mol. The topological polar surface area (TPSA) is 95.3 Å². The molecule has 0 atom stereocenters. The fraction of sp³-hybridized carbons (Fsp3) is 0.360. The van der Waals surface area contributed by atoms with Crippen LogP contribution in [0.3, 0.4) is 0 Å². The van der Waals surface area contributed by atoms with Gasteiger partial charge in [-0.3, -0.25) is 9.59 Å². The first-order valence-electron chi connectivity index (χ1n) is 10.9. The number of benzene rings is 1. The Morgan fingerprint density at radius 2 is 1.82 bits per heavy atom. The summed E-state index contributed by atoms with van der Waals surface area (Å²) in [4.78, 5) is 28.3. The molecule has 2 aromatic heterocycles. The number of amides is 1. The van der Waals surface area contributed by atoms with Crippen LogP contribution in [0.4, 0.5) is 0 Å². The second-order valence-electron chi connectivity index (χ2n) is 8.04. The summed E-state index contributed by atoms with van der Waals surface area (Å²) in [5.74, 6) is 0.150. The van der Waals surface area contributed by atoms with Crippen molar-refractivity contribution in [2.24, 2.45) is 0 Å². The van der Waals surface area contributed by atoms with Crippen molar-refractivity contribution in [1.82, 2.24) is 20.1 Å². The van der Waals surface area contributed by atoms with Gasteiger partial charge in [-0.25, -0.2) is 9.67 Å². The van der Waals surface area contributed by atoms with E-state index in [4.69, 9.17) is 9.47 Å². The molecule has 0 aliphatic rings. The lowest BCUT2D eigenvalue weighted by atomic mass is 10.1. The van der Waals surface area contributed by atoms with Crippen LogP contribution in [-0.4, -0.2) is 39.9 Å². The molecule has 0 fully saturated rings. The first-order valence-corrected chi connectivity index (χ1v) is 10.9. The molecule has 0 aliphatic heterocycles. The summed E-state index contributed by atoms with van der Waals surface area (Å²) < 4.78 is 12.1. The van der Waals surface area contributed by atoms with Crippen molar-refractivity contribution in [2.45, 2.75) is 53.2 Å². The average molecular weight is 451 g/mol. The zero-order valence-corrected chi connectivity index (χ0v) is 19.7. The van der Waals surface area contributed by atoms with Crippen LogP contribution < -0.4 is 10.1 Å². The average Bonchev–Trinajstić information content (AvgIpc) is 3.09. The third-order valence-corrected chi connectivity index (χ3v) is 5.23.